The third-order valence-electron chi connectivity index (χ3n) is 4.79. The molecule has 1 aliphatic heterocycles. The molecule has 30 heavy (non-hydrogen) atoms. The second-order valence-corrected chi connectivity index (χ2v) is 8.32. The number of halogens is 1. The quantitative estimate of drug-likeness (QED) is 0.362. The molecule has 2 aromatic rings. The fourth-order valence-electron chi connectivity index (χ4n) is 3.45. The maximum Gasteiger partial charge on any atom is 0.407 e. The first-order valence-corrected chi connectivity index (χ1v) is 10.2. The standard InChI is InChI=1S/C21H32N6O2.HI/c1-6-22-19(23-13-18-25-16-9-7-8-10-17(16)26(18)5)27-12-11-15(14-27)24-20(28)29-21(2,3)4;/h7-10,15H,6,11-14H2,1-5H3,(H,22,23)(H,24,28);1H. The summed E-state index contributed by atoms with van der Waals surface area (Å²) in [6.07, 6.45) is 0.488. The third-order valence-corrected chi connectivity index (χ3v) is 4.79. The highest BCUT2D eigenvalue weighted by molar-refractivity contribution is 14.0. The summed E-state index contributed by atoms with van der Waals surface area (Å²) < 4.78 is 7.45. The van der Waals surface area contributed by atoms with Crippen molar-refractivity contribution >= 4 is 47.1 Å². The van der Waals surface area contributed by atoms with Crippen LogP contribution in [0.25, 0.3) is 11.0 Å². The SMILES string of the molecule is CCNC(=NCc1nc2ccccc2n1C)N1CCC(NC(=O)OC(C)(C)C)C1.I. The van der Waals surface area contributed by atoms with Gasteiger partial charge in [0.15, 0.2) is 5.96 Å². The van der Waals surface area contributed by atoms with E-state index in [0.717, 1.165) is 42.3 Å². The van der Waals surface area contributed by atoms with Crippen LogP contribution in [0.1, 0.15) is 39.9 Å². The minimum Gasteiger partial charge on any atom is -0.444 e. The number of ether oxygens (including phenoxy) is 1. The Kier molecular flexibility index (Phi) is 8.34. The number of guanidine groups is 1. The number of nitrogens with zero attached hydrogens (tertiary/aromatic N) is 4. The maximum absolute atomic E-state index is 12.0. The summed E-state index contributed by atoms with van der Waals surface area (Å²) in [5.41, 5.74) is 1.59. The van der Waals surface area contributed by atoms with Crippen LogP contribution in [0, 0.1) is 0 Å². The van der Waals surface area contributed by atoms with Crippen LogP contribution in [-0.4, -0.2) is 57.8 Å². The van der Waals surface area contributed by atoms with Gasteiger partial charge in [0, 0.05) is 26.7 Å². The summed E-state index contributed by atoms with van der Waals surface area (Å²) in [7, 11) is 2.02. The normalized spacial score (nSPS) is 17.0. The number of amides is 1. The zero-order chi connectivity index (χ0) is 21.0. The molecule has 1 atom stereocenters. The molecule has 2 heterocycles. The van der Waals surface area contributed by atoms with Crippen LogP contribution < -0.4 is 10.6 Å². The van der Waals surface area contributed by atoms with E-state index in [9.17, 15) is 4.79 Å². The third kappa shape index (κ3) is 6.23. The molecule has 0 spiro atoms. The number of nitrogens with one attached hydrogen (secondary N) is 2. The summed E-state index contributed by atoms with van der Waals surface area (Å²) in [6.45, 7) is 10.5. The molecular formula is C21H33IN6O2. The minimum atomic E-state index is -0.496. The Morgan fingerprint density at radius 2 is 2.07 bits per heavy atom. The number of imidazole rings is 1. The van der Waals surface area contributed by atoms with Crippen LogP contribution in [0.5, 0.6) is 0 Å². The molecule has 2 N–H and O–H groups in total. The molecular weight excluding hydrogens is 495 g/mol. The highest BCUT2D eigenvalue weighted by atomic mass is 127. The van der Waals surface area contributed by atoms with E-state index in [1.807, 2.05) is 46.0 Å². The van der Waals surface area contributed by atoms with Gasteiger partial charge in [0.2, 0.25) is 0 Å². The Morgan fingerprint density at radius 1 is 1.33 bits per heavy atom. The molecule has 1 amide bonds. The van der Waals surface area contributed by atoms with Crippen molar-refractivity contribution < 1.29 is 9.53 Å². The summed E-state index contributed by atoms with van der Waals surface area (Å²) >= 11 is 0. The van der Waals surface area contributed by atoms with Crippen LogP contribution in [0.2, 0.25) is 0 Å². The van der Waals surface area contributed by atoms with Crippen molar-refractivity contribution in [1.29, 1.82) is 0 Å². The molecule has 3 rings (SSSR count). The van der Waals surface area contributed by atoms with E-state index in [2.05, 4.69) is 33.1 Å². The molecule has 1 aromatic carbocycles. The Hall–Kier alpha value is -2.04. The molecule has 0 saturated carbocycles. The van der Waals surface area contributed by atoms with Crippen LogP contribution in [-0.2, 0) is 18.3 Å². The molecule has 166 valence electrons. The van der Waals surface area contributed by atoms with Gasteiger partial charge in [-0.25, -0.2) is 14.8 Å². The van der Waals surface area contributed by atoms with E-state index in [1.54, 1.807) is 0 Å². The van der Waals surface area contributed by atoms with Crippen molar-refractivity contribution in [1.82, 2.24) is 25.1 Å². The number of carbonyl (C=O) groups is 1. The first-order chi connectivity index (χ1) is 13.8. The van der Waals surface area contributed by atoms with Crippen LogP contribution >= 0.6 is 24.0 Å². The number of hydrogen-bond donors (Lipinski definition) is 2. The molecule has 8 nitrogen and oxygen atoms in total. The van der Waals surface area contributed by atoms with Crippen LogP contribution in [0.3, 0.4) is 0 Å². The van der Waals surface area contributed by atoms with Crippen molar-refractivity contribution in [2.75, 3.05) is 19.6 Å². The topological polar surface area (TPSA) is 83.8 Å². The first kappa shape index (κ1) is 24.2. The van der Waals surface area contributed by atoms with Crippen molar-refractivity contribution in [2.45, 2.75) is 52.3 Å². The molecule has 1 fully saturated rings. The number of carbonyl (C=O) groups excluding carboxylic acids is 1. The van der Waals surface area contributed by atoms with Gasteiger partial charge in [-0.3, -0.25) is 0 Å². The zero-order valence-corrected chi connectivity index (χ0v) is 20.8. The van der Waals surface area contributed by atoms with Crippen molar-refractivity contribution in [3.63, 3.8) is 0 Å². The first-order valence-electron chi connectivity index (χ1n) is 10.2. The maximum atomic E-state index is 12.0. The van der Waals surface area contributed by atoms with Crippen molar-refractivity contribution in [3.05, 3.63) is 30.1 Å². The molecule has 1 aromatic heterocycles. The second-order valence-electron chi connectivity index (χ2n) is 8.32. The van der Waals surface area contributed by atoms with E-state index >= 15 is 0 Å². The summed E-state index contributed by atoms with van der Waals surface area (Å²) in [5, 5.41) is 6.32. The molecule has 1 aliphatic rings. The Labute approximate surface area is 195 Å². The monoisotopic (exact) mass is 528 g/mol. The number of para-hydroxylation sites is 2. The smallest absolute Gasteiger partial charge is 0.407 e. The Bertz CT molecular complexity index is 889. The summed E-state index contributed by atoms with van der Waals surface area (Å²) in [4.78, 5) is 23.7. The largest absolute Gasteiger partial charge is 0.444 e. The van der Waals surface area contributed by atoms with Gasteiger partial charge in [0.25, 0.3) is 0 Å². The number of alkyl carbamates (subject to hydrolysis) is 1. The number of aromatic nitrogens is 2. The van der Waals surface area contributed by atoms with E-state index in [-0.39, 0.29) is 36.1 Å². The molecule has 0 bridgehead atoms. The molecule has 0 radical (unpaired) electrons. The van der Waals surface area contributed by atoms with E-state index in [4.69, 9.17) is 14.7 Å². The van der Waals surface area contributed by atoms with Crippen LogP contribution in [0.4, 0.5) is 4.79 Å². The fraction of sp³-hybridized carbons (Fsp3) is 0.571. The van der Waals surface area contributed by atoms with E-state index < -0.39 is 5.60 Å². The minimum absolute atomic E-state index is 0. The molecule has 1 saturated heterocycles. The number of rotatable bonds is 4. The van der Waals surface area contributed by atoms with Gasteiger partial charge in [-0.05, 0) is 46.2 Å². The van der Waals surface area contributed by atoms with Crippen molar-refractivity contribution in [3.8, 4) is 0 Å². The molecule has 1 unspecified atom stereocenters. The van der Waals surface area contributed by atoms with Gasteiger partial charge in [-0.2, -0.15) is 0 Å². The van der Waals surface area contributed by atoms with Gasteiger partial charge < -0.3 is 24.8 Å². The number of hydrogen-bond acceptors (Lipinski definition) is 4. The van der Waals surface area contributed by atoms with Gasteiger partial charge in [0.05, 0.1) is 17.1 Å². The lowest BCUT2D eigenvalue weighted by molar-refractivity contribution is 0.0507. The number of fused-ring (bicyclic) bond motifs is 1. The lowest BCUT2D eigenvalue weighted by Gasteiger charge is -2.23. The second kappa shape index (κ2) is 10.3. The highest BCUT2D eigenvalue weighted by Crippen LogP contribution is 2.16. The van der Waals surface area contributed by atoms with Crippen molar-refractivity contribution in [2.24, 2.45) is 12.0 Å². The predicted octanol–water partition coefficient (Wildman–Crippen LogP) is 3.26. The molecule has 9 heteroatoms. The average molecular weight is 528 g/mol. The van der Waals surface area contributed by atoms with E-state index in [1.165, 1.54) is 0 Å². The average Bonchev–Trinajstić information content (AvgIpc) is 3.22. The van der Waals surface area contributed by atoms with E-state index in [0.29, 0.717) is 13.1 Å². The number of likely N-dealkylation sites (tertiary alicyclic amines) is 1. The summed E-state index contributed by atoms with van der Waals surface area (Å²) in [5.74, 6) is 1.76. The lowest BCUT2D eigenvalue weighted by atomic mass is 10.2. The number of aliphatic imine (C=N–C) groups is 1. The van der Waals surface area contributed by atoms with Gasteiger partial charge in [-0.1, -0.05) is 12.1 Å². The highest BCUT2D eigenvalue weighted by Gasteiger charge is 2.28. The van der Waals surface area contributed by atoms with Gasteiger partial charge >= 0.3 is 6.09 Å². The zero-order valence-electron chi connectivity index (χ0n) is 18.4. The Morgan fingerprint density at radius 3 is 2.73 bits per heavy atom. The van der Waals surface area contributed by atoms with Gasteiger partial charge in [-0.15, -0.1) is 24.0 Å². The number of aryl methyl sites for hydroxylation is 1. The van der Waals surface area contributed by atoms with Crippen LogP contribution in [0.15, 0.2) is 29.3 Å². The molecule has 0 aliphatic carbocycles. The number of benzene rings is 1. The predicted molar refractivity (Wildman–Crippen MR) is 130 cm³/mol. The fourth-order valence-corrected chi connectivity index (χ4v) is 3.45. The Balaban J connectivity index is 0.00000320. The van der Waals surface area contributed by atoms with Gasteiger partial charge in [0.1, 0.15) is 18.0 Å². The lowest BCUT2D eigenvalue weighted by Crippen LogP contribution is -2.44. The summed E-state index contributed by atoms with van der Waals surface area (Å²) in [6, 6.07) is 8.14.